The van der Waals surface area contributed by atoms with E-state index >= 15 is 0 Å². The van der Waals surface area contributed by atoms with E-state index in [0.29, 0.717) is 0 Å². The zero-order chi connectivity index (χ0) is 10.7. The van der Waals surface area contributed by atoms with E-state index in [-0.39, 0.29) is 12.7 Å². The fraction of sp³-hybridized carbons (Fsp3) is 0.333. The van der Waals surface area contributed by atoms with E-state index in [1.54, 1.807) is 6.08 Å². The van der Waals surface area contributed by atoms with Gasteiger partial charge in [0.25, 0.3) is 0 Å². The molecule has 1 fully saturated rings. The number of hydrogen-bond donors (Lipinski definition) is 1. The Hall–Kier alpha value is -1.16. The molecule has 0 bridgehead atoms. The van der Waals surface area contributed by atoms with E-state index in [9.17, 15) is 5.11 Å². The average molecular weight is 206 g/mol. The molecule has 3 heteroatoms. The number of ether oxygens (including phenoxy) is 2. The number of rotatable bonds is 2. The predicted molar refractivity (Wildman–Crippen MR) is 56.2 cm³/mol. The van der Waals surface area contributed by atoms with Crippen LogP contribution in [0.5, 0.6) is 0 Å². The lowest BCUT2D eigenvalue weighted by Gasteiger charge is -2.32. The highest BCUT2D eigenvalue weighted by Crippen LogP contribution is 2.26. The van der Waals surface area contributed by atoms with Gasteiger partial charge >= 0.3 is 0 Å². The summed E-state index contributed by atoms with van der Waals surface area (Å²) in [5.41, 5.74) is 0.955. The van der Waals surface area contributed by atoms with Crippen LogP contribution in [0.3, 0.4) is 0 Å². The van der Waals surface area contributed by atoms with Crippen molar-refractivity contribution in [2.45, 2.75) is 18.5 Å². The standard InChI is InChI=1S/C12H14O3/c1-2-11-10(13)8-14-12(15-11)9-6-4-3-5-7-9/h2-7,10-13H,1,8H2/t10-,11+,12-/m0/s1. The van der Waals surface area contributed by atoms with Crippen LogP contribution in [0.25, 0.3) is 0 Å². The van der Waals surface area contributed by atoms with Gasteiger partial charge in [-0.15, -0.1) is 6.58 Å². The van der Waals surface area contributed by atoms with Crippen LogP contribution in [0, 0.1) is 0 Å². The maximum atomic E-state index is 9.51. The molecule has 1 aromatic carbocycles. The molecule has 1 N–H and O–H groups in total. The second-order valence-electron chi connectivity index (χ2n) is 3.48. The molecule has 1 saturated heterocycles. The molecule has 0 saturated carbocycles. The van der Waals surface area contributed by atoms with Crippen molar-refractivity contribution in [1.82, 2.24) is 0 Å². The Morgan fingerprint density at radius 2 is 2.07 bits per heavy atom. The number of aliphatic hydroxyl groups excluding tert-OH is 1. The first-order valence-corrected chi connectivity index (χ1v) is 4.94. The summed E-state index contributed by atoms with van der Waals surface area (Å²) in [6, 6.07) is 9.66. The third-order valence-corrected chi connectivity index (χ3v) is 2.38. The van der Waals surface area contributed by atoms with E-state index in [4.69, 9.17) is 9.47 Å². The molecular weight excluding hydrogens is 192 g/mol. The fourth-order valence-corrected chi connectivity index (χ4v) is 1.55. The molecular formula is C12H14O3. The Morgan fingerprint density at radius 3 is 2.73 bits per heavy atom. The van der Waals surface area contributed by atoms with Crippen LogP contribution in [-0.2, 0) is 9.47 Å². The van der Waals surface area contributed by atoms with E-state index < -0.39 is 12.4 Å². The molecule has 1 aromatic rings. The molecule has 3 atom stereocenters. The van der Waals surface area contributed by atoms with Crippen LogP contribution in [0.1, 0.15) is 11.9 Å². The third-order valence-electron chi connectivity index (χ3n) is 2.38. The molecule has 0 spiro atoms. The van der Waals surface area contributed by atoms with E-state index in [2.05, 4.69) is 6.58 Å². The molecule has 15 heavy (non-hydrogen) atoms. The maximum Gasteiger partial charge on any atom is 0.184 e. The summed E-state index contributed by atoms with van der Waals surface area (Å²) in [7, 11) is 0. The van der Waals surface area contributed by atoms with Crippen molar-refractivity contribution in [1.29, 1.82) is 0 Å². The zero-order valence-corrected chi connectivity index (χ0v) is 8.37. The molecule has 0 radical (unpaired) electrons. The fourth-order valence-electron chi connectivity index (χ4n) is 1.55. The Labute approximate surface area is 88.9 Å². The number of hydrogen-bond acceptors (Lipinski definition) is 3. The molecule has 3 nitrogen and oxygen atoms in total. The summed E-state index contributed by atoms with van der Waals surface area (Å²) in [6.07, 6.45) is 0.215. The molecule has 80 valence electrons. The first-order chi connectivity index (χ1) is 7.31. The molecule has 0 unspecified atom stereocenters. The molecule has 1 heterocycles. The zero-order valence-electron chi connectivity index (χ0n) is 8.37. The maximum absolute atomic E-state index is 9.51. The molecule has 0 aliphatic carbocycles. The van der Waals surface area contributed by atoms with Gasteiger partial charge in [-0.2, -0.15) is 0 Å². The van der Waals surface area contributed by atoms with Crippen molar-refractivity contribution in [3.8, 4) is 0 Å². The van der Waals surface area contributed by atoms with Gasteiger partial charge in [0, 0.05) is 5.56 Å². The molecule has 1 aliphatic heterocycles. The molecule has 0 aromatic heterocycles. The van der Waals surface area contributed by atoms with Gasteiger partial charge in [0.15, 0.2) is 6.29 Å². The lowest BCUT2D eigenvalue weighted by Crippen LogP contribution is -2.38. The normalized spacial score (nSPS) is 31.1. The summed E-state index contributed by atoms with van der Waals surface area (Å²) in [5, 5.41) is 9.51. The van der Waals surface area contributed by atoms with E-state index in [1.165, 1.54) is 0 Å². The number of benzene rings is 1. The third kappa shape index (κ3) is 2.26. The van der Waals surface area contributed by atoms with Gasteiger partial charge in [-0.25, -0.2) is 0 Å². The van der Waals surface area contributed by atoms with Gasteiger partial charge in [-0.3, -0.25) is 0 Å². The van der Waals surface area contributed by atoms with Gasteiger partial charge in [-0.05, 0) is 0 Å². The molecule has 1 aliphatic rings. The van der Waals surface area contributed by atoms with Gasteiger partial charge < -0.3 is 14.6 Å². The van der Waals surface area contributed by atoms with Crippen LogP contribution >= 0.6 is 0 Å². The number of aliphatic hydroxyl groups is 1. The van der Waals surface area contributed by atoms with Crippen molar-refractivity contribution in [2.24, 2.45) is 0 Å². The minimum absolute atomic E-state index is 0.274. The van der Waals surface area contributed by atoms with Crippen molar-refractivity contribution in [3.05, 3.63) is 48.6 Å². The first-order valence-electron chi connectivity index (χ1n) is 4.94. The van der Waals surface area contributed by atoms with Crippen molar-refractivity contribution >= 4 is 0 Å². The van der Waals surface area contributed by atoms with Crippen LogP contribution in [0.4, 0.5) is 0 Å². The second-order valence-corrected chi connectivity index (χ2v) is 3.48. The van der Waals surface area contributed by atoms with Crippen molar-refractivity contribution in [3.63, 3.8) is 0 Å². The van der Waals surface area contributed by atoms with Crippen molar-refractivity contribution in [2.75, 3.05) is 6.61 Å². The minimum Gasteiger partial charge on any atom is -0.388 e. The predicted octanol–water partition coefficient (Wildman–Crippen LogP) is 1.65. The van der Waals surface area contributed by atoms with Gasteiger partial charge in [0.2, 0.25) is 0 Å². The molecule has 0 amide bonds. The van der Waals surface area contributed by atoms with Crippen LogP contribution in [0.2, 0.25) is 0 Å². The summed E-state index contributed by atoms with van der Waals surface area (Å²) in [6.45, 7) is 3.90. The lowest BCUT2D eigenvalue weighted by molar-refractivity contribution is -0.243. The second kappa shape index (κ2) is 4.57. The molecule has 2 rings (SSSR count). The summed E-state index contributed by atoms with van der Waals surface area (Å²) in [5.74, 6) is 0. The van der Waals surface area contributed by atoms with E-state index in [0.717, 1.165) is 5.56 Å². The highest BCUT2D eigenvalue weighted by molar-refractivity contribution is 5.16. The van der Waals surface area contributed by atoms with Crippen LogP contribution in [0.15, 0.2) is 43.0 Å². The van der Waals surface area contributed by atoms with Crippen molar-refractivity contribution < 1.29 is 14.6 Å². The lowest BCUT2D eigenvalue weighted by atomic mass is 10.1. The van der Waals surface area contributed by atoms with Crippen LogP contribution < -0.4 is 0 Å². The van der Waals surface area contributed by atoms with Gasteiger partial charge in [0.05, 0.1) is 6.61 Å². The quantitative estimate of drug-likeness (QED) is 0.748. The Kier molecular flexibility index (Phi) is 3.16. The summed E-state index contributed by atoms with van der Waals surface area (Å²) in [4.78, 5) is 0. The summed E-state index contributed by atoms with van der Waals surface area (Å²) >= 11 is 0. The van der Waals surface area contributed by atoms with Crippen LogP contribution in [-0.4, -0.2) is 23.9 Å². The van der Waals surface area contributed by atoms with E-state index in [1.807, 2.05) is 30.3 Å². The monoisotopic (exact) mass is 206 g/mol. The van der Waals surface area contributed by atoms with Gasteiger partial charge in [-0.1, -0.05) is 36.4 Å². The minimum atomic E-state index is -0.623. The average Bonchev–Trinajstić information content (AvgIpc) is 2.31. The van der Waals surface area contributed by atoms with Gasteiger partial charge in [0.1, 0.15) is 12.2 Å². The first kappa shape index (κ1) is 10.4. The summed E-state index contributed by atoms with van der Waals surface area (Å²) < 4.78 is 10.9. The Balaban J connectivity index is 2.09. The highest BCUT2D eigenvalue weighted by atomic mass is 16.7. The SMILES string of the molecule is C=C[C@H]1O[C@@H](c2ccccc2)OC[C@@H]1O. The smallest absolute Gasteiger partial charge is 0.184 e. The highest BCUT2D eigenvalue weighted by Gasteiger charge is 2.29. The Morgan fingerprint density at radius 1 is 1.33 bits per heavy atom. The topological polar surface area (TPSA) is 38.7 Å². The largest absolute Gasteiger partial charge is 0.388 e. The Bertz CT molecular complexity index is 323.